The van der Waals surface area contributed by atoms with Gasteiger partial charge in [-0.2, -0.15) is 0 Å². The Balaban J connectivity index is 1.86. The van der Waals surface area contributed by atoms with Crippen LogP contribution in [0, 0.1) is 11.7 Å². The molecule has 0 spiro atoms. The summed E-state index contributed by atoms with van der Waals surface area (Å²) in [5.41, 5.74) is 0.706. The van der Waals surface area contributed by atoms with E-state index >= 15 is 0 Å². The molecule has 0 unspecified atom stereocenters. The summed E-state index contributed by atoms with van der Waals surface area (Å²) in [6.07, 6.45) is 6.77. The van der Waals surface area contributed by atoms with Crippen molar-refractivity contribution in [1.82, 2.24) is 5.32 Å². The number of halogens is 1. The highest BCUT2D eigenvalue weighted by Crippen LogP contribution is 2.23. The summed E-state index contributed by atoms with van der Waals surface area (Å²) in [6.45, 7) is 0.229. The molecule has 120 valence electrons. The highest BCUT2D eigenvalue weighted by Gasteiger charge is 2.21. The van der Waals surface area contributed by atoms with Crippen molar-refractivity contribution < 1.29 is 19.0 Å². The van der Waals surface area contributed by atoms with Gasteiger partial charge in [0.05, 0.1) is 7.11 Å². The normalized spacial score (nSPS) is 21.8. The molecule has 1 fully saturated rings. The Hall–Kier alpha value is -1.88. The van der Waals surface area contributed by atoms with E-state index in [9.17, 15) is 9.18 Å². The molecule has 0 heterocycles. The third-order valence-electron chi connectivity index (χ3n) is 4.05. The van der Waals surface area contributed by atoms with E-state index in [4.69, 9.17) is 9.84 Å². The van der Waals surface area contributed by atoms with Crippen molar-refractivity contribution in [1.29, 1.82) is 0 Å². The van der Waals surface area contributed by atoms with Gasteiger partial charge in [0.25, 0.3) is 0 Å². The van der Waals surface area contributed by atoms with Gasteiger partial charge in [0.1, 0.15) is 0 Å². The minimum atomic E-state index is -0.426. The number of carbonyl (C=O) groups excluding carboxylic acids is 1. The highest BCUT2D eigenvalue weighted by atomic mass is 19.1. The van der Waals surface area contributed by atoms with Crippen molar-refractivity contribution in [2.75, 3.05) is 13.7 Å². The zero-order chi connectivity index (χ0) is 15.9. The third kappa shape index (κ3) is 4.56. The van der Waals surface area contributed by atoms with Crippen LogP contribution in [0.3, 0.4) is 0 Å². The van der Waals surface area contributed by atoms with Crippen molar-refractivity contribution in [3.8, 4) is 5.75 Å². The van der Waals surface area contributed by atoms with Gasteiger partial charge in [-0.15, -0.1) is 0 Å². The number of hydrogen-bond donors (Lipinski definition) is 2. The second-order valence-electron chi connectivity index (χ2n) is 5.64. The van der Waals surface area contributed by atoms with E-state index in [2.05, 4.69) is 5.32 Å². The van der Waals surface area contributed by atoms with Crippen LogP contribution in [0.2, 0.25) is 0 Å². The molecule has 2 rings (SSSR count). The van der Waals surface area contributed by atoms with E-state index in [0.29, 0.717) is 11.5 Å². The van der Waals surface area contributed by atoms with Crippen molar-refractivity contribution in [3.63, 3.8) is 0 Å². The average Bonchev–Trinajstić information content (AvgIpc) is 2.55. The summed E-state index contributed by atoms with van der Waals surface area (Å²) >= 11 is 0. The van der Waals surface area contributed by atoms with Gasteiger partial charge in [0.15, 0.2) is 11.6 Å². The van der Waals surface area contributed by atoms with Gasteiger partial charge in [0.2, 0.25) is 5.91 Å². The van der Waals surface area contributed by atoms with Gasteiger partial charge in [-0.05, 0) is 55.4 Å². The van der Waals surface area contributed by atoms with Crippen molar-refractivity contribution in [2.45, 2.75) is 31.7 Å². The lowest BCUT2D eigenvalue weighted by atomic mass is 9.86. The zero-order valence-electron chi connectivity index (χ0n) is 12.7. The Morgan fingerprint density at radius 1 is 1.41 bits per heavy atom. The van der Waals surface area contributed by atoms with Crippen LogP contribution in [0.15, 0.2) is 24.3 Å². The minimum Gasteiger partial charge on any atom is -0.494 e. The smallest absolute Gasteiger partial charge is 0.244 e. The first-order valence-electron chi connectivity index (χ1n) is 7.55. The monoisotopic (exact) mass is 307 g/mol. The van der Waals surface area contributed by atoms with Crippen molar-refractivity contribution >= 4 is 12.0 Å². The molecule has 22 heavy (non-hydrogen) atoms. The van der Waals surface area contributed by atoms with E-state index in [1.807, 2.05) is 0 Å². The topological polar surface area (TPSA) is 58.6 Å². The number of amides is 1. The summed E-state index contributed by atoms with van der Waals surface area (Å²) in [5, 5.41) is 12.1. The molecule has 0 bridgehead atoms. The molecule has 0 aromatic heterocycles. The van der Waals surface area contributed by atoms with Crippen LogP contribution in [0.1, 0.15) is 31.2 Å². The summed E-state index contributed by atoms with van der Waals surface area (Å²) in [5.74, 6) is -0.0549. The van der Waals surface area contributed by atoms with Gasteiger partial charge in [-0.25, -0.2) is 4.39 Å². The predicted octanol–water partition coefficient (Wildman–Crippen LogP) is 2.51. The second-order valence-corrected chi connectivity index (χ2v) is 5.64. The number of carbonyl (C=O) groups is 1. The number of rotatable bonds is 5. The predicted molar refractivity (Wildman–Crippen MR) is 83.0 cm³/mol. The van der Waals surface area contributed by atoms with E-state index in [0.717, 1.165) is 25.7 Å². The lowest BCUT2D eigenvalue weighted by molar-refractivity contribution is -0.117. The van der Waals surface area contributed by atoms with Gasteiger partial charge in [-0.1, -0.05) is 6.07 Å². The molecule has 1 aliphatic rings. The van der Waals surface area contributed by atoms with Crippen LogP contribution in [-0.2, 0) is 4.79 Å². The number of ether oxygens (including phenoxy) is 1. The van der Waals surface area contributed by atoms with Gasteiger partial charge in [-0.3, -0.25) is 4.79 Å². The number of benzene rings is 1. The van der Waals surface area contributed by atoms with Gasteiger partial charge >= 0.3 is 0 Å². The summed E-state index contributed by atoms with van der Waals surface area (Å²) in [6, 6.07) is 4.62. The minimum absolute atomic E-state index is 0.157. The molecule has 5 heteroatoms. The first kappa shape index (κ1) is 16.5. The van der Waals surface area contributed by atoms with Crippen LogP contribution in [0.5, 0.6) is 5.75 Å². The first-order chi connectivity index (χ1) is 10.6. The molecular formula is C17H22FNO3. The number of hydrogen-bond acceptors (Lipinski definition) is 3. The molecule has 2 N–H and O–H groups in total. The summed E-state index contributed by atoms with van der Waals surface area (Å²) < 4.78 is 18.2. The van der Waals surface area contributed by atoms with E-state index in [1.165, 1.54) is 19.3 Å². The van der Waals surface area contributed by atoms with Crippen LogP contribution in [0.25, 0.3) is 6.08 Å². The fourth-order valence-corrected chi connectivity index (χ4v) is 2.69. The van der Waals surface area contributed by atoms with Crippen molar-refractivity contribution in [3.05, 3.63) is 35.7 Å². The van der Waals surface area contributed by atoms with Crippen LogP contribution in [-0.4, -0.2) is 30.8 Å². The Morgan fingerprint density at radius 3 is 2.77 bits per heavy atom. The van der Waals surface area contributed by atoms with Gasteiger partial charge < -0.3 is 15.2 Å². The molecule has 1 amide bonds. The second kappa shape index (κ2) is 7.94. The number of nitrogens with one attached hydrogen (secondary N) is 1. The van der Waals surface area contributed by atoms with Crippen LogP contribution in [0.4, 0.5) is 4.39 Å². The molecule has 0 atom stereocenters. The fraction of sp³-hybridized carbons (Fsp3) is 0.471. The fourth-order valence-electron chi connectivity index (χ4n) is 2.69. The SMILES string of the molecule is COc1cc(/C=C/C(=O)NC2CCC(CO)CC2)ccc1F. The highest BCUT2D eigenvalue weighted by molar-refractivity contribution is 5.91. The summed E-state index contributed by atoms with van der Waals surface area (Å²) in [7, 11) is 1.40. The molecule has 1 aliphatic carbocycles. The third-order valence-corrected chi connectivity index (χ3v) is 4.05. The van der Waals surface area contributed by atoms with E-state index in [-0.39, 0.29) is 24.3 Å². The molecule has 4 nitrogen and oxygen atoms in total. The largest absolute Gasteiger partial charge is 0.494 e. The number of aliphatic hydroxyl groups is 1. The van der Waals surface area contributed by atoms with Crippen molar-refractivity contribution in [2.24, 2.45) is 5.92 Å². The van der Waals surface area contributed by atoms with E-state index < -0.39 is 5.82 Å². The first-order valence-corrected chi connectivity index (χ1v) is 7.55. The summed E-state index contributed by atoms with van der Waals surface area (Å²) in [4.78, 5) is 11.9. The average molecular weight is 307 g/mol. The Bertz CT molecular complexity index is 537. The van der Waals surface area contributed by atoms with Crippen LogP contribution >= 0.6 is 0 Å². The quantitative estimate of drug-likeness (QED) is 0.822. The molecule has 1 aromatic rings. The molecule has 0 radical (unpaired) electrons. The van der Waals surface area contributed by atoms with Gasteiger partial charge in [0, 0.05) is 18.7 Å². The molecule has 1 aromatic carbocycles. The molecule has 1 saturated carbocycles. The molecule has 0 aliphatic heterocycles. The molecular weight excluding hydrogens is 285 g/mol. The van der Waals surface area contributed by atoms with Crippen LogP contribution < -0.4 is 10.1 Å². The number of aliphatic hydroxyl groups excluding tert-OH is 1. The lowest BCUT2D eigenvalue weighted by Gasteiger charge is -2.27. The number of methoxy groups -OCH3 is 1. The Morgan fingerprint density at radius 2 is 2.14 bits per heavy atom. The Kier molecular flexibility index (Phi) is 5.95. The lowest BCUT2D eigenvalue weighted by Crippen LogP contribution is -2.37. The maximum absolute atomic E-state index is 13.3. The van der Waals surface area contributed by atoms with E-state index in [1.54, 1.807) is 18.2 Å². The maximum Gasteiger partial charge on any atom is 0.244 e. The maximum atomic E-state index is 13.3. The standard InChI is InChI=1S/C17H22FNO3/c1-22-16-10-12(4-8-15(16)18)5-9-17(21)19-14-6-2-13(11-20)3-7-14/h4-5,8-10,13-14,20H,2-3,6-7,11H2,1H3,(H,19,21)/b9-5+. The molecule has 0 saturated heterocycles. The Labute approximate surface area is 130 Å². The zero-order valence-corrected chi connectivity index (χ0v) is 12.7.